The van der Waals surface area contributed by atoms with E-state index < -0.39 is 0 Å². The van der Waals surface area contributed by atoms with Crippen molar-refractivity contribution in [3.63, 3.8) is 0 Å². The molecule has 0 radical (unpaired) electrons. The predicted molar refractivity (Wildman–Crippen MR) is 113 cm³/mol. The van der Waals surface area contributed by atoms with E-state index in [1.165, 1.54) is 16.7 Å². The summed E-state index contributed by atoms with van der Waals surface area (Å²) in [4.78, 5) is 43.7. The largest absolute Gasteiger partial charge is 0.282 e. The molecule has 2 aromatic carbocycles. The highest BCUT2D eigenvalue weighted by molar-refractivity contribution is 7.99. The van der Waals surface area contributed by atoms with E-state index in [4.69, 9.17) is 0 Å². The summed E-state index contributed by atoms with van der Waals surface area (Å²) in [5, 5.41) is 0.973. The molecule has 1 saturated heterocycles. The van der Waals surface area contributed by atoms with Crippen molar-refractivity contribution in [3.8, 4) is 5.69 Å². The highest BCUT2D eigenvalue weighted by Crippen LogP contribution is 2.25. The number of para-hydroxylation sites is 1. The monoisotopic (exact) mass is 407 g/mol. The summed E-state index contributed by atoms with van der Waals surface area (Å²) >= 11 is 1.19. The number of benzene rings is 2. The minimum Gasteiger partial charge on any atom is -0.282 e. The van der Waals surface area contributed by atoms with Crippen molar-refractivity contribution >= 4 is 34.5 Å². The zero-order valence-corrected chi connectivity index (χ0v) is 17.2. The van der Waals surface area contributed by atoms with Crippen molar-refractivity contribution in [2.75, 3.05) is 12.3 Å². The third kappa shape index (κ3) is 3.58. The van der Waals surface area contributed by atoms with Crippen LogP contribution in [-0.2, 0) is 9.59 Å². The maximum atomic E-state index is 13.3. The van der Waals surface area contributed by atoms with Gasteiger partial charge in [-0.3, -0.25) is 23.9 Å². The topological polar surface area (TPSA) is 72.3 Å². The van der Waals surface area contributed by atoms with Crippen LogP contribution >= 0.6 is 11.8 Å². The van der Waals surface area contributed by atoms with Crippen molar-refractivity contribution in [1.82, 2.24) is 14.5 Å². The summed E-state index contributed by atoms with van der Waals surface area (Å²) in [6.07, 6.45) is 1.12. The van der Waals surface area contributed by atoms with Crippen molar-refractivity contribution in [2.45, 2.75) is 31.8 Å². The van der Waals surface area contributed by atoms with Crippen LogP contribution in [0, 0.1) is 13.8 Å². The fraction of sp³-hybridized carbons (Fsp3) is 0.273. The van der Waals surface area contributed by atoms with E-state index in [1.807, 2.05) is 44.2 Å². The predicted octanol–water partition coefficient (Wildman–Crippen LogP) is 3.24. The second-order valence-corrected chi connectivity index (χ2v) is 8.04. The van der Waals surface area contributed by atoms with Gasteiger partial charge in [0.15, 0.2) is 5.16 Å². The van der Waals surface area contributed by atoms with Crippen LogP contribution in [-0.4, -0.2) is 38.6 Å². The highest BCUT2D eigenvalue weighted by Gasteiger charge is 2.27. The van der Waals surface area contributed by atoms with E-state index in [0.29, 0.717) is 35.4 Å². The van der Waals surface area contributed by atoms with Crippen LogP contribution in [0.4, 0.5) is 0 Å². The third-order valence-corrected chi connectivity index (χ3v) is 6.18. The lowest BCUT2D eigenvalue weighted by atomic mass is 10.1. The third-order valence-electron chi connectivity index (χ3n) is 5.26. The first-order chi connectivity index (χ1) is 14.0. The Morgan fingerprint density at radius 2 is 1.90 bits per heavy atom. The minimum absolute atomic E-state index is 0.0569. The van der Waals surface area contributed by atoms with Crippen LogP contribution in [0.15, 0.2) is 52.4 Å². The summed E-state index contributed by atoms with van der Waals surface area (Å²) in [5.74, 6) is -0.317. The molecule has 1 fully saturated rings. The fourth-order valence-corrected chi connectivity index (χ4v) is 4.40. The summed E-state index contributed by atoms with van der Waals surface area (Å²) in [7, 11) is 0. The van der Waals surface area contributed by atoms with Gasteiger partial charge >= 0.3 is 0 Å². The van der Waals surface area contributed by atoms with Gasteiger partial charge in [-0.2, -0.15) is 0 Å². The van der Waals surface area contributed by atoms with E-state index in [2.05, 4.69) is 4.98 Å². The van der Waals surface area contributed by atoms with Gasteiger partial charge in [-0.05, 0) is 49.6 Å². The maximum Gasteiger partial charge on any atom is 0.266 e. The van der Waals surface area contributed by atoms with Crippen LogP contribution in [0.1, 0.15) is 24.0 Å². The lowest BCUT2D eigenvalue weighted by molar-refractivity contribution is -0.140. The first-order valence-corrected chi connectivity index (χ1v) is 10.5. The molecule has 3 aromatic rings. The highest BCUT2D eigenvalue weighted by atomic mass is 32.2. The average Bonchev–Trinajstić information content (AvgIpc) is 3.15. The number of hydrogen-bond donors (Lipinski definition) is 0. The Bertz CT molecular complexity index is 1190. The molecule has 0 spiro atoms. The lowest BCUT2D eigenvalue weighted by Gasteiger charge is -2.17. The molecular formula is C22H21N3O3S. The van der Waals surface area contributed by atoms with Crippen LogP contribution in [0.2, 0.25) is 0 Å². The van der Waals surface area contributed by atoms with Gasteiger partial charge < -0.3 is 0 Å². The number of carbonyl (C=O) groups excluding carboxylic acids is 2. The smallest absolute Gasteiger partial charge is 0.266 e. The van der Waals surface area contributed by atoms with Gasteiger partial charge in [-0.15, -0.1) is 0 Å². The molecule has 2 heterocycles. The number of thioether (sulfide) groups is 1. The van der Waals surface area contributed by atoms with Crippen molar-refractivity contribution in [1.29, 1.82) is 0 Å². The van der Waals surface area contributed by atoms with Crippen molar-refractivity contribution in [2.24, 2.45) is 0 Å². The molecule has 2 amide bonds. The zero-order chi connectivity index (χ0) is 20.5. The molecule has 1 aliphatic rings. The van der Waals surface area contributed by atoms with Gasteiger partial charge in [0.1, 0.15) is 0 Å². The van der Waals surface area contributed by atoms with Crippen LogP contribution in [0.25, 0.3) is 16.6 Å². The first-order valence-electron chi connectivity index (χ1n) is 9.52. The van der Waals surface area contributed by atoms with Gasteiger partial charge in [-0.1, -0.05) is 36.0 Å². The number of carbonyl (C=O) groups is 2. The molecule has 1 aromatic heterocycles. The second-order valence-electron chi connectivity index (χ2n) is 7.10. The summed E-state index contributed by atoms with van der Waals surface area (Å²) in [6, 6.07) is 13.0. The Morgan fingerprint density at radius 3 is 2.66 bits per heavy atom. The number of aromatic nitrogens is 2. The standard InChI is InChI=1S/C22H21N3O3S/c1-14-7-5-10-18(15(14)2)25-21(28)16-8-3-4-9-17(16)23-22(25)29-13-20(27)24-12-6-11-19(24)26/h3-5,7-10H,6,11-13H2,1-2H3. The van der Waals surface area contributed by atoms with E-state index in [1.54, 1.807) is 16.7 Å². The number of aryl methyl sites for hydroxylation is 1. The number of nitrogens with zero attached hydrogens (tertiary/aromatic N) is 3. The van der Waals surface area contributed by atoms with Crippen LogP contribution < -0.4 is 5.56 Å². The number of fused-ring (bicyclic) bond motifs is 1. The van der Waals surface area contributed by atoms with Crippen molar-refractivity contribution < 1.29 is 9.59 Å². The molecule has 0 atom stereocenters. The van der Waals surface area contributed by atoms with Gasteiger partial charge in [-0.25, -0.2) is 4.98 Å². The Labute approximate surface area is 172 Å². The number of amides is 2. The van der Waals surface area contributed by atoms with Crippen LogP contribution in [0.3, 0.4) is 0 Å². The average molecular weight is 407 g/mol. The van der Waals surface area contributed by atoms with Gasteiger partial charge in [0.2, 0.25) is 11.8 Å². The molecule has 0 bridgehead atoms. The Kier molecular flexibility index (Phi) is 5.24. The molecule has 0 N–H and O–H groups in total. The number of hydrogen-bond acceptors (Lipinski definition) is 5. The summed E-state index contributed by atoms with van der Waals surface area (Å²) in [5.41, 5.74) is 3.22. The molecule has 4 rings (SSSR count). The van der Waals surface area contributed by atoms with Crippen LogP contribution in [0.5, 0.6) is 0 Å². The number of likely N-dealkylation sites (tertiary alicyclic amines) is 1. The Hall–Kier alpha value is -2.93. The molecule has 1 aliphatic heterocycles. The molecular weight excluding hydrogens is 386 g/mol. The Morgan fingerprint density at radius 1 is 1.10 bits per heavy atom. The molecule has 7 heteroatoms. The SMILES string of the molecule is Cc1cccc(-n2c(SCC(=O)N3CCCC3=O)nc3ccccc3c2=O)c1C. The minimum atomic E-state index is -0.243. The summed E-state index contributed by atoms with van der Waals surface area (Å²) < 4.78 is 1.58. The molecule has 0 aliphatic carbocycles. The quantitative estimate of drug-likeness (QED) is 0.490. The summed E-state index contributed by atoms with van der Waals surface area (Å²) in [6.45, 7) is 4.43. The molecule has 0 unspecified atom stereocenters. The molecule has 0 saturated carbocycles. The van der Waals surface area contributed by atoms with Crippen molar-refractivity contribution in [3.05, 3.63) is 63.9 Å². The second kappa shape index (κ2) is 7.83. The molecule has 29 heavy (non-hydrogen) atoms. The normalized spacial score (nSPS) is 14.0. The molecule has 148 valence electrons. The van der Waals surface area contributed by atoms with E-state index in [9.17, 15) is 14.4 Å². The number of imide groups is 1. The van der Waals surface area contributed by atoms with Gasteiger partial charge in [0.05, 0.1) is 22.3 Å². The van der Waals surface area contributed by atoms with E-state index >= 15 is 0 Å². The number of rotatable bonds is 4. The molecule has 6 nitrogen and oxygen atoms in total. The fourth-order valence-electron chi connectivity index (χ4n) is 3.52. The van der Waals surface area contributed by atoms with E-state index in [-0.39, 0.29) is 23.1 Å². The lowest BCUT2D eigenvalue weighted by Crippen LogP contribution is -2.33. The van der Waals surface area contributed by atoms with Gasteiger partial charge in [0.25, 0.3) is 5.56 Å². The Balaban J connectivity index is 1.79. The van der Waals surface area contributed by atoms with Gasteiger partial charge in [0, 0.05) is 13.0 Å². The first kappa shape index (κ1) is 19.4. The van der Waals surface area contributed by atoms with E-state index in [0.717, 1.165) is 16.8 Å². The maximum absolute atomic E-state index is 13.3. The zero-order valence-electron chi connectivity index (χ0n) is 16.3.